The van der Waals surface area contributed by atoms with Crippen molar-refractivity contribution < 1.29 is 4.42 Å². The van der Waals surface area contributed by atoms with Gasteiger partial charge in [-0.15, -0.1) is 0 Å². The van der Waals surface area contributed by atoms with Gasteiger partial charge in [0.25, 0.3) is 0 Å². The smallest absolute Gasteiger partial charge is 0.172 e. The summed E-state index contributed by atoms with van der Waals surface area (Å²) >= 11 is -0.734. The molecule has 0 unspecified atom stereocenters. The number of aliphatic imine (C=N–C) groups is 1. The van der Waals surface area contributed by atoms with E-state index in [2.05, 4.69) is 101 Å². The average molecular weight is 625 g/mol. The van der Waals surface area contributed by atoms with Crippen LogP contribution >= 0.6 is 20.7 Å². The monoisotopic (exact) mass is 625 g/mol. The maximum atomic E-state index is 6.47. The zero-order valence-corrected chi connectivity index (χ0v) is 23.3. The van der Waals surface area contributed by atoms with Gasteiger partial charge >= 0.3 is 0 Å². The lowest BCUT2D eigenvalue weighted by atomic mass is 9.88. The van der Waals surface area contributed by atoms with Crippen molar-refractivity contribution in [1.29, 1.82) is 0 Å². The van der Waals surface area contributed by atoms with Crippen molar-refractivity contribution >= 4 is 77.7 Å². The second kappa shape index (κ2) is 8.44. The fourth-order valence-electron chi connectivity index (χ4n) is 6.08. The first kappa shape index (κ1) is 22.2. The minimum absolute atomic E-state index is 0.734. The molecule has 40 heavy (non-hydrogen) atoms. The largest absolute Gasteiger partial charge is 0.453 e. The number of aromatic nitrogens is 1. The van der Waals surface area contributed by atoms with Crippen molar-refractivity contribution in [3.8, 4) is 11.1 Å². The van der Waals surface area contributed by atoms with Crippen LogP contribution in [0.15, 0.2) is 131 Å². The quantitative estimate of drug-likeness (QED) is 0.135. The third-order valence-electron chi connectivity index (χ3n) is 7.79. The normalized spacial score (nSPS) is 13.9. The zero-order valence-electron chi connectivity index (χ0n) is 21.2. The fourth-order valence-corrected chi connectivity index (χ4v) is 8.92. The minimum atomic E-state index is -0.734. The Hall–Kier alpha value is -4.62. The maximum Gasteiger partial charge on any atom is 0.172 e. The van der Waals surface area contributed by atoms with Gasteiger partial charge < -0.3 is 4.42 Å². The molecule has 5 heteroatoms. The Morgan fingerprint density at radius 2 is 1.50 bits per heavy atom. The van der Waals surface area contributed by atoms with E-state index >= 15 is 0 Å². The summed E-state index contributed by atoms with van der Waals surface area (Å²) in [4.78, 5) is 12.3. The highest BCUT2D eigenvalue weighted by Gasteiger charge is 2.32. The summed E-state index contributed by atoms with van der Waals surface area (Å²) < 4.78 is 8.76. The molecule has 9 rings (SSSR count). The molecule has 0 amide bonds. The van der Waals surface area contributed by atoms with Crippen LogP contribution < -0.4 is 4.90 Å². The number of anilines is 2. The van der Waals surface area contributed by atoms with E-state index in [0.717, 1.165) is 31.8 Å². The molecule has 0 saturated carbocycles. The predicted octanol–water partition coefficient (Wildman–Crippen LogP) is 9.49. The molecular formula is C35H20IN3O. The van der Waals surface area contributed by atoms with Crippen molar-refractivity contribution in [1.82, 2.24) is 4.98 Å². The lowest BCUT2D eigenvalue weighted by Crippen LogP contribution is -2.26. The van der Waals surface area contributed by atoms with Crippen LogP contribution in [-0.4, -0.2) is 12.3 Å². The number of hydrogen-bond donors (Lipinski definition) is 0. The number of halogens is 1. The first-order valence-electron chi connectivity index (χ1n) is 13.2. The van der Waals surface area contributed by atoms with E-state index in [0.29, 0.717) is 0 Å². The van der Waals surface area contributed by atoms with Gasteiger partial charge in [-0.1, -0.05) is 78.9 Å². The number of pyridine rings is 1. The third kappa shape index (κ3) is 3.09. The minimum Gasteiger partial charge on any atom is -0.453 e. The summed E-state index contributed by atoms with van der Waals surface area (Å²) in [7, 11) is 0. The average Bonchev–Trinajstić information content (AvgIpc) is 3.40. The Labute approximate surface area is 240 Å². The highest BCUT2D eigenvalue weighted by atomic mass is 127. The van der Waals surface area contributed by atoms with Crippen LogP contribution in [0.4, 0.5) is 17.1 Å². The molecule has 5 aromatic carbocycles. The Morgan fingerprint density at radius 1 is 0.675 bits per heavy atom. The van der Waals surface area contributed by atoms with Gasteiger partial charge in [0, 0.05) is 34.3 Å². The van der Waals surface area contributed by atoms with E-state index in [-0.39, 0.29) is 0 Å². The van der Waals surface area contributed by atoms with Gasteiger partial charge in [0.2, 0.25) is 0 Å². The number of para-hydroxylation sites is 1. The van der Waals surface area contributed by atoms with Crippen molar-refractivity contribution in [2.24, 2.45) is 4.99 Å². The molecule has 188 valence electrons. The Balaban J connectivity index is 1.40. The van der Waals surface area contributed by atoms with E-state index < -0.39 is 20.7 Å². The Morgan fingerprint density at radius 3 is 2.40 bits per heavy atom. The molecule has 0 fully saturated rings. The second-order valence-electron chi connectivity index (χ2n) is 10.0. The van der Waals surface area contributed by atoms with Gasteiger partial charge in [-0.25, -0.2) is 4.99 Å². The highest BCUT2D eigenvalue weighted by molar-refractivity contribution is 14.2. The van der Waals surface area contributed by atoms with Gasteiger partial charge in [-0.3, -0.25) is 9.88 Å². The summed E-state index contributed by atoms with van der Waals surface area (Å²) in [5, 5.41) is 6.04. The van der Waals surface area contributed by atoms with Crippen molar-refractivity contribution in [3.05, 3.63) is 133 Å². The summed E-state index contributed by atoms with van der Waals surface area (Å²) in [6, 6.07) is 38.8. The number of fused-ring (bicyclic) bond motifs is 7. The van der Waals surface area contributed by atoms with Crippen LogP contribution in [0.25, 0.3) is 43.6 Å². The fraction of sp³-hybridized carbons (Fsp3) is 0. The number of benzene rings is 5. The first-order valence-corrected chi connectivity index (χ1v) is 15.4. The summed E-state index contributed by atoms with van der Waals surface area (Å²) in [5.74, 6) is 0.875. The van der Waals surface area contributed by atoms with Crippen LogP contribution in [0.5, 0.6) is 0 Å². The molecule has 0 atom stereocenters. The van der Waals surface area contributed by atoms with E-state index in [1.54, 1.807) is 0 Å². The molecule has 0 aliphatic carbocycles. The summed E-state index contributed by atoms with van der Waals surface area (Å²) in [6.45, 7) is 0. The predicted molar refractivity (Wildman–Crippen MR) is 174 cm³/mol. The number of furan rings is 1. The second-order valence-corrected chi connectivity index (χ2v) is 12.6. The van der Waals surface area contributed by atoms with Gasteiger partial charge in [0.15, 0.2) is 9.60 Å². The molecular weight excluding hydrogens is 605 g/mol. The van der Waals surface area contributed by atoms with Crippen LogP contribution in [-0.2, 0) is 0 Å². The molecule has 0 saturated heterocycles. The number of rotatable bonds is 1. The van der Waals surface area contributed by atoms with Gasteiger partial charge in [0.05, 0.1) is 14.9 Å². The number of nitrogens with zero attached hydrogens (tertiary/aromatic N) is 3. The van der Waals surface area contributed by atoms with Crippen molar-refractivity contribution in [3.63, 3.8) is 0 Å². The molecule has 2 aliphatic rings. The topological polar surface area (TPSA) is 41.6 Å². The maximum absolute atomic E-state index is 6.47. The Bertz CT molecular complexity index is 2220. The molecule has 7 aromatic rings. The van der Waals surface area contributed by atoms with E-state index in [9.17, 15) is 0 Å². The molecule has 0 radical (unpaired) electrons. The lowest BCUT2D eigenvalue weighted by molar-refractivity contribution is 0.608. The standard InChI is InChI=1S/C35H20IN3O/c1-2-12-24-21(8-1)17-18-28-31(24)26-14-5-9-22-10-6-15-27(30(22)26)39(28)35-36-32(23-11-7-19-37-20-23)34-33(38-35)25-13-3-4-16-29(25)40-34/h1-20H. The molecule has 4 heterocycles. The SMILES string of the molecule is c1cncc(C2=IC(N3c4ccc5ccccc5c4-c4cccc5cccc3c45)=Nc3c2oc2ccccc32)c1. The lowest BCUT2D eigenvalue weighted by Gasteiger charge is -2.34. The van der Waals surface area contributed by atoms with Gasteiger partial charge in [-0.2, -0.15) is 0 Å². The van der Waals surface area contributed by atoms with Crippen LogP contribution in [0.3, 0.4) is 0 Å². The molecule has 2 aromatic heterocycles. The van der Waals surface area contributed by atoms with Crippen LogP contribution in [0, 0.1) is 0 Å². The first-order chi connectivity index (χ1) is 19.8. The highest BCUT2D eigenvalue weighted by Crippen LogP contribution is 2.52. The Kier molecular flexibility index (Phi) is 4.69. The molecule has 4 nitrogen and oxygen atoms in total. The number of amidine groups is 1. The van der Waals surface area contributed by atoms with E-state index in [1.165, 1.54) is 47.6 Å². The van der Waals surface area contributed by atoms with Gasteiger partial charge in [-0.05, 0) is 72.8 Å². The van der Waals surface area contributed by atoms with Crippen LogP contribution in [0.1, 0.15) is 11.3 Å². The molecule has 0 bridgehead atoms. The van der Waals surface area contributed by atoms with E-state index in [1.807, 2.05) is 30.6 Å². The molecule has 0 N–H and O–H groups in total. The third-order valence-corrected chi connectivity index (χ3v) is 10.7. The summed E-state index contributed by atoms with van der Waals surface area (Å²) in [5.41, 5.74) is 7.75. The van der Waals surface area contributed by atoms with E-state index in [4.69, 9.17) is 9.41 Å². The van der Waals surface area contributed by atoms with Crippen molar-refractivity contribution in [2.75, 3.05) is 4.90 Å². The zero-order chi connectivity index (χ0) is 26.2. The van der Waals surface area contributed by atoms with Crippen molar-refractivity contribution in [2.45, 2.75) is 0 Å². The number of hydrogen-bond acceptors (Lipinski definition) is 4. The molecule has 0 spiro atoms. The summed E-state index contributed by atoms with van der Waals surface area (Å²) in [6.07, 6.45) is 3.77. The van der Waals surface area contributed by atoms with Crippen LogP contribution in [0.2, 0.25) is 0 Å². The molecule has 2 aliphatic heterocycles. The van der Waals surface area contributed by atoms with Gasteiger partial charge in [0.1, 0.15) is 11.3 Å².